The molecular formula is C17H17N3OS2. The highest BCUT2D eigenvalue weighted by molar-refractivity contribution is 7.98. The Balaban J connectivity index is 1.78. The van der Waals surface area contributed by atoms with Crippen LogP contribution in [0.2, 0.25) is 0 Å². The van der Waals surface area contributed by atoms with Crippen LogP contribution in [0.5, 0.6) is 0 Å². The molecule has 0 atom stereocenters. The maximum absolute atomic E-state index is 9.09. The molecule has 0 unspecified atom stereocenters. The third kappa shape index (κ3) is 3.72. The average Bonchev–Trinajstić information content (AvgIpc) is 3.23. The minimum atomic E-state index is 0.0747. The highest BCUT2D eigenvalue weighted by atomic mass is 32.2. The topological polar surface area (TPSA) is 50.9 Å². The third-order valence-electron chi connectivity index (χ3n) is 3.34. The zero-order valence-corrected chi connectivity index (χ0v) is 14.2. The maximum atomic E-state index is 9.09. The predicted octanol–water partition coefficient (Wildman–Crippen LogP) is 3.98. The largest absolute Gasteiger partial charge is 0.392 e. The zero-order valence-electron chi connectivity index (χ0n) is 12.6. The van der Waals surface area contributed by atoms with Crippen molar-refractivity contribution < 1.29 is 5.11 Å². The number of thiophene rings is 1. The van der Waals surface area contributed by atoms with Crippen molar-refractivity contribution in [1.29, 1.82) is 0 Å². The number of aromatic nitrogens is 3. The first-order valence-corrected chi connectivity index (χ1v) is 9.08. The second-order valence-electron chi connectivity index (χ2n) is 4.95. The molecule has 0 aliphatic rings. The van der Waals surface area contributed by atoms with E-state index in [4.69, 9.17) is 5.11 Å². The molecule has 23 heavy (non-hydrogen) atoms. The highest BCUT2D eigenvalue weighted by Gasteiger charge is 2.14. The van der Waals surface area contributed by atoms with Gasteiger partial charge in [-0.1, -0.05) is 48.2 Å². The number of allylic oxidation sites excluding steroid dienone is 1. The van der Waals surface area contributed by atoms with E-state index >= 15 is 0 Å². The predicted molar refractivity (Wildman–Crippen MR) is 95.5 cm³/mol. The summed E-state index contributed by atoms with van der Waals surface area (Å²) in [5, 5.41) is 20.7. The Morgan fingerprint density at radius 1 is 1.17 bits per heavy atom. The molecule has 1 aromatic carbocycles. The lowest BCUT2D eigenvalue weighted by atomic mass is 10.2. The van der Waals surface area contributed by atoms with Crippen LogP contribution in [0.4, 0.5) is 0 Å². The molecule has 6 heteroatoms. The van der Waals surface area contributed by atoms with Crippen molar-refractivity contribution >= 4 is 23.1 Å². The zero-order chi connectivity index (χ0) is 16.1. The van der Waals surface area contributed by atoms with Crippen LogP contribution in [-0.4, -0.2) is 19.9 Å². The number of nitrogens with zero attached hydrogens (tertiary/aromatic N) is 3. The SMILES string of the molecule is C=CCn1c(SCc2ccc(CO)cc2)nnc1-c1cccs1. The van der Waals surface area contributed by atoms with E-state index in [-0.39, 0.29) is 6.61 Å². The van der Waals surface area contributed by atoms with Crippen molar-refractivity contribution in [2.24, 2.45) is 0 Å². The van der Waals surface area contributed by atoms with Crippen molar-refractivity contribution in [2.45, 2.75) is 24.1 Å². The molecule has 1 N–H and O–H groups in total. The number of thioether (sulfide) groups is 1. The van der Waals surface area contributed by atoms with Crippen LogP contribution in [0.25, 0.3) is 10.7 Å². The van der Waals surface area contributed by atoms with Gasteiger partial charge in [-0.3, -0.25) is 4.57 Å². The van der Waals surface area contributed by atoms with Crippen molar-refractivity contribution in [2.75, 3.05) is 0 Å². The molecule has 118 valence electrons. The first kappa shape index (κ1) is 16.0. The summed E-state index contributed by atoms with van der Waals surface area (Å²) in [6.07, 6.45) is 1.86. The molecule has 3 aromatic rings. The molecule has 3 rings (SSSR count). The van der Waals surface area contributed by atoms with Crippen LogP contribution in [0, 0.1) is 0 Å². The molecule has 0 spiro atoms. The smallest absolute Gasteiger partial charge is 0.192 e. The fourth-order valence-corrected chi connectivity index (χ4v) is 3.79. The maximum Gasteiger partial charge on any atom is 0.192 e. The van der Waals surface area contributed by atoms with E-state index in [2.05, 4.69) is 27.4 Å². The molecule has 0 bridgehead atoms. The fraction of sp³-hybridized carbons (Fsp3) is 0.176. The van der Waals surface area contributed by atoms with Crippen molar-refractivity contribution in [1.82, 2.24) is 14.8 Å². The van der Waals surface area contributed by atoms with E-state index < -0.39 is 0 Å². The van der Waals surface area contributed by atoms with E-state index in [0.717, 1.165) is 27.2 Å². The lowest BCUT2D eigenvalue weighted by Gasteiger charge is -2.07. The minimum absolute atomic E-state index is 0.0747. The Labute approximate surface area is 143 Å². The number of hydrogen-bond donors (Lipinski definition) is 1. The number of benzene rings is 1. The third-order valence-corrected chi connectivity index (χ3v) is 5.25. The summed E-state index contributed by atoms with van der Waals surface area (Å²) < 4.78 is 2.09. The highest BCUT2D eigenvalue weighted by Crippen LogP contribution is 2.28. The first-order valence-electron chi connectivity index (χ1n) is 7.21. The van der Waals surface area contributed by atoms with Gasteiger partial charge < -0.3 is 5.11 Å². The molecule has 2 aromatic heterocycles. The van der Waals surface area contributed by atoms with Crippen LogP contribution >= 0.6 is 23.1 Å². The van der Waals surface area contributed by atoms with Gasteiger partial charge in [0.25, 0.3) is 0 Å². The molecule has 0 aliphatic carbocycles. The minimum Gasteiger partial charge on any atom is -0.392 e. The van der Waals surface area contributed by atoms with Gasteiger partial charge in [0.1, 0.15) is 0 Å². The molecule has 0 fully saturated rings. The summed E-state index contributed by atoms with van der Waals surface area (Å²) in [6, 6.07) is 12.0. The summed E-state index contributed by atoms with van der Waals surface area (Å²) in [4.78, 5) is 1.11. The number of aliphatic hydroxyl groups excluding tert-OH is 1. The summed E-state index contributed by atoms with van der Waals surface area (Å²) in [5.41, 5.74) is 2.12. The molecular weight excluding hydrogens is 326 g/mol. The number of aliphatic hydroxyl groups is 1. The van der Waals surface area contributed by atoms with E-state index in [1.165, 1.54) is 5.56 Å². The number of hydrogen-bond acceptors (Lipinski definition) is 5. The van der Waals surface area contributed by atoms with Gasteiger partial charge in [-0.2, -0.15) is 0 Å². The van der Waals surface area contributed by atoms with Crippen LogP contribution in [-0.2, 0) is 18.9 Å². The molecule has 2 heterocycles. The molecule has 4 nitrogen and oxygen atoms in total. The van der Waals surface area contributed by atoms with Gasteiger partial charge in [0.2, 0.25) is 0 Å². The summed E-state index contributed by atoms with van der Waals surface area (Å²) in [6.45, 7) is 4.59. The standard InChI is InChI=1S/C17H17N3OS2/c1-2-9-20-16(15-4-3-10-22-15)18-19-17(20)23-12-14-7-5-13(11-21)6-8-14/h2-8,10,21H,1,9,11-12H2. The van der Waals surface area contributed by atoms with Crippen molar-refractivity contribution in [3.63, 3.8) is 0 Å². The lowest BCUT2D eigenvalue weighted by molar-refractivity contribution is 0.282. The first-order chi connectivity index (χ1) is 11.3. The van der Waals surface area contributed by atoms with Crippen LogP contribution in [0.15, 0.2) is 59.6 Å². The Morgan fingerprint density at radius 2 is 1.96 bits per heavy atom. The Morgan fingerprint density at radius 3 is 2.61 bits per heavy atom. The normalized spacial score (nSPS) is 10.8. The quantitative estimate of drug-likeness (QED) is 0.521. The number of rotatable bonds is 7. The van der Waals surface area contributed by atoms with Gasteiger partial charge in [0, 0.05) is 12.3 Å². The van der Waals surface area contributed by atoms with Gasteiger partial charge in [-0.05, 0) is 22.6 Å². The summed E-state index contributed by atoms with van der Waals surface area (Å²) in [7, 11) is 0. The Bertz CT molecular complexity index is 764. The molecule has 0 saturated heterocycles. The van der Waals surface area contributed by atoms with E-state index in [1.54, 1.807) is 23.1 Å². The van der Waals surface area contributed by atoms with E-state index in [1.807, 2.05) is 41.8 Å². The summed E-state index contributed by atoms with van der Waals surface area (Å²) >= 11 is 3.31. The second-order valence-corrected chi connectivity index (χ2v) is 6.84. The molecule has 0 amide bonds. The molecule has 0 aliphatic heterocycles. The van der Waals surface area contributed by atoms with Gasteiger partial charge in [0.05, 0.1) is 11.5 Å². The van der Waals surface area contributed by atoms with Crippen LogP contribution in [0.3, 0.4) is 0 Å². The van der Waals surface area contributed by atoms with Gasteiger partial charge in [-0.25, -0.2) is 0 Å². The lowest BCUT2D eigenvalue weighted by Crippen LogP contribution is -1.99. The van der Waals surface area contributed by atoms with Crippen molar-refractivity contribution in [3.8, 4) is 10.7 Å². The van der Waals surface area contributed by atoms with Gasteiger partial charge in [0.15, 0.2) is 11.0 Å². The summed E-state index contributed by atoms with van der Waals surface area (Å²) in [5.74, 6) is 1.70. The second kappa shape index (κ2) is 7.59. The van der Waals surface area contributed by atoms with Gasteiger partial charge in [-0.15, -0.1) is 28.1 Å². The fourth-order valence-electron chi connectivity index (χ4n) is 2.17. The van der Waals surface area contributed by atoms with Gasteiger partial charge >= 0.3 is 0 Å². The van der Waals surface area contributed by atoms with Crippen LogP contribution < -0.4 is 0 Å². The van der Waals surface area contributed by atoms with E-state index in [0.29, 0.717) is 6.54 Å². The van der Waals surface area contributed by atoms with Crippen LogP contribution in [0.1, 0.15) is 11.1 Å². The average molecular weight is 343 g/mol. The monoisotopic (exact) mass is 343 g/mol. The Kier molecular flexibility index (Phi) is 5.27. The Hall–Kier alpha value is -1.89. The van der Waals surface area contributed by atoms with Crippen molar-refractivity contribution in [3.05, 3.63) is 65.6 Å². The van der Waals surface area contributed by atoms with E-state index in [9.17, 15) is 0 Å². The molecule has 0 radical (unpaired) electrons. The molecule has 0 saturated carbocycles.